The molecule has 2 rings (SSSR count). The van der Waals surface area contributed by atoms with Crippen molar-refractivity contribution in [1.29, 1.82) is 0 Å². The summed E-state index contributed by atoms with van der Waals surface area (Å²) in [4.78, 5) is 10.2. The first-order chi connectivity index (χ1) is 7.72. The predicted molar refractivity (Wildman–Crippen MR) is 63.5 cm³/mol. The molecule has 1 aromatic rings. The van der Waals surface area contributed by atoms with Crippen LogP contribution in [0.2, 0.25) is 0 Å². The van der Waals surface area contributed by atoms with Crippen molar-refractivity contribution >= 4 is 5.69 Å². The SMILES string of the molecule is CCCC[C@H]1C[C@@H]1c1ccc([N+](=O)[O-])cc1. The molecule has 86 valence electrons. The Kier molecular flexibility index (Phi) is 3.22. The van der Waals surface area contributed by atoms with Crippen LogP contribution in [0, 0.1) is 16.0 Å². The van der Waals surface area contributed by atoms with Crippen molar-refractivity contribution in [3.63, 3.8) is 0 Å². The fourth-order valence-corrected chi connectivity index (χ4v) is 2.28. The van der Waals surface area contributed by atoms with Crippen LogP contribution >= 0.6 is 0 Å². The van der Waals surface area contributed by atoms with Gasteiger partial charge in [0.1, 0.15) is 0 Å². The minimum atomic E-state index is -0.342. The molecule has 0 amide bonds. The molecular weight excluding hydrogens is 202 g/mol. The summed E-state index contributed by atoms with van der Waals surface area (Å²) in [6.45, 7) is 2.21. The maximum absolute atomic E-state index is 10.5. The molecule has 0 unspecified atom stereocenters. The fourth-order valence-electron chi connectivity index (χ4n) is 2.28. The van der Waals surface area contributed by atoms with Crippen LogP contribution < -0.4 is 0 Å². The molecule has 1 aromatic carbocycles. The van der Waals surface area contributed by atoms with Crippen molar-refractivity contribution in [2.24, 2.45) is 5.92 Å². The van der Waals surface area contributed by atoms with Gasteiger partial charge in [0.25, 0.3) is 5.69 Å². The van der Waals surface area contributed by atoms with Gasteiger partial charge in [0.2, 0.25) is 0 Å². The Balaban J connectivity index is 1.94. The molecule has 1 aliphatic rings. The van der Waals surface area contributed by atoms with Gasteiger partial charge < -0.3 is 0 Å². The lowest BCUT2D eigenvalue weighted by Gasteiger charge is -2.00. The van der Waals surface area contributed by atoms with E-state index in [2.05, 4.69) is 6.92 Å². The number of rotatable bonds is 5. The minimum Gasteiger partial charge on any atom is -0.258 e. The zero-order valence-corrected chi connectivity index (χ0v) is 9.56. The van der Waals surface area contributed by atoms with Crippen molar-refractivity contribution in [2.75, 3.05) is 0 Å². The van der Waals surface area contributed by atoms with Crippen LogP contribution in [-0.2, 0) is 0 Å². The first-order valence-electron chi connectivity index (χ1n) is 5.96. The number of nitrogens with zero attached hydrogens (tertiary/aromatic N) is 1. The van der Waals surface area contributed by atoms with Gasteiger partial charge in [0.15, 0.2) is 0 Å². The van der Waals surface area contributed by atoms with Gasteiger partial charge in [-0.05, 0) is 30.2 Å². The van der Waals surface area contributed by atoms with Crippen molar-refractivity contribution in [3.05, 3.63) is 39.9 Å². The first-order valence-corrected chi connectivity index (χ1v) is 5.96. The van der Waals surface area contributed by atoms with Crippen LogP contribution in [0.3, 0.4) is 0 Å². The van der Waals surface area contributed by atoms with Crippen LogP contribution in [0.4, 0.5) is 5.69 Å². The summed E-state index contributed by atoms with van der Waals surface area (Å²) in [5.74, 6) is 1.48. The van der Waals surface area contributed by atoms with Crippen molar-refractivity contribution in [2.45, 2.75) is 38.5 Å². The second-order valence-electron chi connectivity index (χ2n) is 4.59. The largest absolute Gasteiger partial charge is 0.269 e. The van der Waals surface area contributed by atoms with Gasteiger partial charge in [-0.1, -0.05) is 31.9 Å². The number of nitro groups is 1. The Morgan fingerprint density at radius 3 is 2.62 bits per heavy atom. The lowest BCUT2D eigenvalue weighted by atomic mass is 10.1. The van der Waals surface area contributed by atoms with E-state index in [0.29, 0.717) is 5.92 Å². The third-order valence-electron chi connectivity index (χ3n) is 3.38. The molecule has 0 bridgehead atoms. The number of hydrogen-bond donors (Lipinski definition) is 0. The molecule has 1 fully saturated rings. The Hall–Kier alpha value is -1.38. The summed E-state index contributed by atoms with van der Waals surface area (Å²) < 4.78 is 0. The van der Waals surface area contributed by atoms with Crippen molar-refractivity contribution in [1.82, 2.24) is 0 Å². The quantitative estimate of drug-likeness (QED) is 0.557. The van der Waals surface area contributed by atoms with Gasteiger partial charge in [0.05, 0.1) is 4.92 Å². The lowest BCUT2D eigenvalue weighted by Crippen LogP contribution is -1.89. The second-order valence-corrected chi connectivity index (χ2v) is 4.59. The molecule has 3 nitrogen and oxygen atoms in total. The molecule has 1 aliphatic carbocycles. The van der Waals surface area contributed by atoms with E-state index < -0.39 is 0 Å². The Morgan fingerprint density at radius 1 is 1.38 bits per heavy atom. The molecule has 0 aliphatic heterocycles. The van der Waals surface area contributed by atoms with Crippen LogP contribution in [0.5, 0.6) is 0 Å². The number of nitro benzene ring substituents is 1. The zero-order chi connectivity index (χ0) is 11.5. The van der Waals surface area contributed by atoms with E-state index in [-0.39, 0.29) is 10.6 Å². The number of benzene rings is 1. The molecule has 2 atom stereocenters. The molecule has 0 saturated heterocycles. The minimum absolute atomic E-state index is 0.189. The van der Waals surface area contributed by atoms with Gasteiger partial charge in [-0.25, -0.2) is 0 Å². The summed E-state index contributed by atoms with van der Waals surface area (Å²) in [7, 11) is 0. The Labute approximate surface area is 95.6 Å². The summed E-state index contributed by atoms with van der Waals surface area (Å²) >= 11 is 0. The molecule has 0 heterocycles. The summed E-state index contributed by atoms with van der Waals surface area (Å²) in [5, 5.41) is 10.5. The first kappa shape index (κ1) is 11.1. The standard InChI is InChI=1S/C13H17NO2/c1-2-3-4-11-9-13(11)10-5-7-12(8-6-10)14(15)16/h5-8,11,13H,2-4,9H2,1H3/t11-,13+/m0/s1. The van der Waals surface area contributed by atoms with Gasteiger partial charge in [-0.3, -0.25) is 10.1 Å². The molecule has 3 heteroatoms. The zero-order valence-electron chi connectivity index (χ0n) is 9.56. The highest BCUT2D eigenvalue weighted by molar-refractivity contribution is 5.36. The van der Waals surface area contributed by atoms with Crippen LogP contribution in [0.1, 0.15) is 44.1 Å². The van der Waals surface area contributed by atoms with E-state index in [1.165, 1.54) is 31.2 Å². The third-order valence-corrected chi connectivity index (χ3v) is 3.38. The predicted octanol–water partition coefficient (Wildman–Crippen LogP) is 3.89. The third kappa shape index (κ3) is 2.40. The fraction of sp³-hybridized carbons (Fsp3) is 0.538. The molecular formula is C13H17NO2. The van der Waals surface area contributed by atoms with E-state index in [1.54, 1.807) is 12.1 Å². The highest BCUT2D eigenvalue weighted by Gasteiger charge is 2.37. The molecule has 16 heavy (non-hydrogen) atoms. The Morgan fingerprint density at radius 2 is 2.06 bits per heavy atom. The Bertz CT molecular complexity index is 372. The van der Waals surface area contributed by atoms with E-state index >= 15 is 0 Å². The van der Waals surface area contributed by atoms with Crippen molar-refractivity contribution < 1.29 is 4.92 Å². The van der Waals surface area contributed by atoms with Crippen LogP contribution in [0.25, 0.3) is 0 Å². The normalized spacial score (nSPS) is 23.1. The molecule has 0 N–H and O–H groups in total. The molecule has 0 aromatic heterocycles. The molecule has 0 spiro atoms. The van der Waals surface area contributed by atoms with Crippen molar-refractivity contribution in [3.8, 4) is 0 Å². The van der Waals surface area contributed by atoms with Crippen LogP contribution in [-0.4, -0.2) is 4.92 Å². The van der Waals surface area contributed by atoms with Gasteiger partial charge in [-0.2, -0.15) is 0 Å². The number of unbranched alkanes of at least 4 members (excludes halogenated alkanes) is 1. The molecule has 1 saturated carbocycles. The maximum Gasteiger partial charge on any atom is 0.269 e. The highest BCUT2D eigenvalue weighted by Crippen LogP contribution is 2.50. The van der Waals surface area contributed by atoms with Gasteiger partial charge in [-0.15, -0.1) is 0 Å². The van der Waals surface area contributed by atoms with Gasteiger partial charge >= 0.3 is 0 Å². The smallest absolute Gasteiger partial charge is 0.258 e. The van der Waals surface area contributed by atoms with Crippen LogP contribution in [0.15, 0.2) is 24.3 Å². The second kappa shape index (κ2) is 4.64. The average Bonchev–Trinajstić information content (AvgIpc) is 3.06. The van der Waals surface area contributed by atoms with Gasteiger partial charge in [0, 0.05) is 12.1 Å². The number of hydrogen-bond acceptors (Lipinski definition) is 2. The average molecular weight is 219 g/mol. The monoisotopic (exact) mass is 219 g/mol. The summed E-state index contributed by atoms with van der Waals surface area (Å²) in [6.07, 6.45) is 5.12. The topological polar surface area (TPSA) is 43.1 Å². The van der Waals surface area contributed by atoms with E-state index in [1.807, 2.05) is 12.1 Å². The lowest BCUT2D eigenvalue weighted by molar-refractivity contribution is -0.384. The van der Waals surface area contributed by atoms with E-state index in [9.17, 15) is 10.1 Å². The maximum atomic E-state index is 10.5. The highest BCUT2D eigenvalue weighted by atomic mass is 16.6. The van der Waals surface area contributed by atoms with E-state index in [4.69, 9.17) is 0 Å². The molecule has 0 radical (unpaired) electrons. The summed E-state index contributed by atoms with van der Waals surface area (Å²) in [5.41, 5.74) is 1.46. The summed E-state index contributed by atoms with van der Waals surface area (Å²) in [6, 6.07) is 7.05. The van der Waals surface area contributed by atoms with E-state index in [0.717, 1.165) is 5.92 Å². The number of non-ortho nitro benzene ring substituents is 1.